The average molecular weight is 225 g/mol. The zero-order valence-corrected chi connectivity index (χ0v) is 9.28. The summed E-state index contributed by atoms with van der Waals surface area (Å²) >= 11 is 0. The standard InChI is InChI=1S/Fe.Na.H3O4P.V/c;;1-5(2,3)4;/h;;(H3,1,2,3,4);/q+3;;;/p-3. The van der Waals surface area contributed by atoms with Crippen LogP contribution in [0.25, 0.3) is 0 Å². The van der Waals surface area contributed by atoms with E-state index in [1.54, 1.807) is 0 Å². The Bertz CT molecular complexity index is 62.2. The Balaban J connectivity index is -0.0000000267. The molecule has 0 aliphatic heterocycles. The van der Waals surface area contributed by atoms with Gasteiger partial charge in [0.2, 0.25) is 0 Å². The Morgan fingerprint density at radius 3 is 1.12 bits per heavy atom. The molecule has 0 atom stereocenters. The maximum atomic E-state index is 8.55. The van der Waals surface area contributed by atoms with E-state index in [-0.39, 0.29) is 65.2 Å². The van der Waals surface area contributed by atoms with Gasteiger partial charge < -0.3 is 19.2 Å². The Labute approximate surface area is 91.3 Å². The Hall–Kier alpha value is 2.21. The molecule has 0 aliphatic carbocycles. The van der Waals surface area contributed by atoms with Crippen molar-refractivity contribution in [2.24, 2.45) is 0 Å². The van der Waals surface area contributed by atoms with Gasteiger partial charge in [0.1, 0.15) is 0 Å². The van der Waals surface area contributed by atoms with Crippen LogP contribution in [0.3, 0.4) is 0 Å². The van der Waals surface area contributed by atoms with Gasteiger partial charge in [-0.3, -0.25) is 0 Å². The fraction of sp³-hybridized carbons (Fsp3) is 0. The molecule has 0 amide bonds. The molecule has 0 saturated carbocycles. The molecule has 0 heterocycles. The van der Waals surface area contributed by atoms with Crippen LogP contribution in [0.5, 0.6) is 0 Å². The molecule has 0 saturated heterocycles. The number of hydrogen-bond acceptors (Lipinski definition) is 4. The van der Waals surface area contributed by atoms with Crippen molar-refractivity contribution in [2.45, 2.75) is 0 Å². The van der Waals surface area contributed by atoms with Crippen LogP contribution in [0.4, 0.5) is 0 Å². The summed E-state index contributed by atoms with van der Waals surface area (Å²) in [4.78, 5) is 25.6. The first kappa shape index (κ1) is 22.5. The Morgan fingerprint density at radius 2 is 1.12 bits per heavy atom. The van der Waals surface area contributed by atoms with Gasteiger partial charge in [-0.1, -0.05) is 0 Å². The monoisotopic (exact) mass is 225 g/mol. The zero-order valence-electron chi connectivity index (χ0n) is 3.88. The summed E-state index contributed by atoms with van der Waals surface area (Å²) in [7, 11) is -5.39. The molecule has 0 aromatic rings. The predicted octanol–water partition coefficient (Wildman–Crippen LogP) is -3.21. The summed E-state index contributed by atoms with van der Waals surface area (Å²) in [5.74, 6) is 0. The largest absolute Gasteiger partial charge is 3.00 e. The van der Waals surface area contributed by atoms with Crippen LogP contribution < -0.4 is 14.7 Å². The molecule has 0 fully saturated rings. The van der Waals surface area contributed by atoms with Crippen LogP contribution in [-0.4, -0.2) is 29.6 Å². The molecule has 0 bridgehead atoms. The molecule has 0 N–H and O–H groups in total. The second kappa shape index (κ2) is 9.21. The fourth-order valence-electron chi connectivity index (χ4n) is 0. The molecule has 0 spiro atoms. The van der Waals surface area contributed by atoms with E-state index >= 15 is 0 Å². The fourth-order valence-corrected chi connectivity index (χ4v) is 0. The maximum Gasteiger partial charge on any atom is 3.00 e. The topological polar surface area (TPSA) is 86.2 Å². The van der Waals surface area contributed by atoms with Crippen molar-refractivity contribution >= 4 is 37.4 Å². The van der Waals surface area contributed by atoms with Crippen LogP contribution in [0.1, 0.15) is 0 Å². The first-order valence-electron chi connectivity index (χ1n) is 0.730. The molecule has 0 aliphatic rings. The third kappa shape index (κ3) is 87.2. The van der Waals surface area contributed by atoms with Gasteiger partial charge in [-0.25, -0.2) is 0 Å². The van der Waals surface area contributed by atoms with Gasteiger partial charge in [-0.05, 0) is 0 Å². The zero-order chi connectivity index (χ0) is 4.50. The average Bonchev–Trinajstić information content (AvgIpc) is 0.722. The summed E-state index contributed by atoms with van der Waals surface area (Å²) in [5.41, 5.74) is 0. The Kier molecular flexibility index (Phi) is 25.9. The first-order valence-corrected chi connectivity index (χ1v) is 2.19. The summed E-state index contributed by atoms with van der Waals surface area (Å²) in [5, 5.41) is 0. The molecule has 0 aromatic carbocycles. The summed E-state index contributed by atoms with van der Waals surface area (Å²) in [6, 6.07) is 0. The molecule has 43 valence electrons. The third-order valence-corrected chi connectivity index (χ3v) is 0. The minimum absolute atomic E-state index is 0. The smallest absolute Gasteiger partial charge is 0.822 e. The van der Waals surface area contributed by atoms with E-state index in [1.807, 2.05) is 0 Å². The van der Waals surface area contributed by atoms with Crippen molar-refractivity contribution in [2.75, 3.05) is 0 Å². The van der Waals surface area contributed by atoms with Crippen molar-refractivity contribution < 1.29 is 54.9 Å². The SMILES string of the molecule is O=P([O-])([O-])[O-].[Fe+3].[Na].[V]. The van der Waals surface area contributed by atoms with Gasteiger partial charge in [0.15, 0.2) is 0 Å². The van der Waals surface area contributed by atoms with Gasteiger partial charge >= 0.3 is 17.1 Å². The summed E-state index contributed by atoms with van der Waals surface area (Å²) in [6.07, 6.45) is 0. The van der Waals surface area contributed by atoms with Gasteiger partial charge in [-0.15, -0.1) is 0 Å². The molecule has 4 nitrogen and oxygen atoms in total. The van der Waals surface area contributed by atoms with Crippen molar-refractivity contribution in [3.8, 4) is 0 Å². The van der Waals surface area contributed by atoms with Crippen molar-refractivity contribution in [3.63, 3.8) is 0 Å². The van der Waals surface area contributed by atoms with E-state index in [4.69, 9.17) is 19.2 Å². The second-order valence-corrected chi connectivity index (χ2v) is 1.34. The van der Waals surface area contributed by atoms with Crippen LogP contribution in [0.2, 0.25) is 0 Å². The minimum Gasteiger partial charge on any atom is -0.822 e. The van der Waals surface area contributed by atoms with Gasteiger partial charge in [0.25, 0.3) is 0 Å². The van der Waals surface area contributed by atoms with Crippen LogP contribution in [0.15, 0.2) is 0 Å². The van der Waals surface area contributed by atoms with Crippen molar-refractivity contribution in [1.82, 2.24) is 0 Å². The number of phosphoric acid groups is 1. The van der Waals surface area contributed by atoms with Crippen LogP contribution in [-0.2, 0) is 40.2 Å². The molecule has 0 rings (SSSR count). The van der Waals surface area contributed by atoms with Crippen molar-refractivity contribution in [1.29, 1.82) is 0 Å². The molecule has 0 aromatic heterocycles. The Morgan fingerprint density at radius 1 is 1.12 bits per heavy atom. The van der Waals surface area contributed by atoms with Crippen LogP contribution in [0, 0.1) is 0 Å². The number of hydrogen-bond donors (Lipinski definition) is 0. The first-order chi connectivity index (χ1) is 2.00. The van der Waals surface area contributed by atoms with E-state index < -0.39 is 7.82 Å². The van der Waals surface area contributed by atoms with E-state index in [0.29, 0.717) is 0 Å². The van der Waals surface area contributed by atoms with E-state index in [1.165, 1.54) is 0 Å². The molecule has 8 heteroatoms. The molecular formula is FeNaO4PV. The van der Waals surface area contributed by atoms with E-state index in [0.717, 1.165) is 0 Å². The van der Waals surface area contributed by atoms with Crippen LogP contribution >= 0.6 is 7.82 Å². The molecular weight excluding hydrogens is 225 g/mol. The minimum atomic E-state index is -5.39. The van der Waals surface area contributed by atoms with Crippen molar-refractivity contribution in [3.05, 3.63) is 0 Å². The van der Waals surface area contributed by atoms with E-state index in [9.17, 15) is 0 Å². The molecule has 3 radical (unpaired) electrons. The maximum absolute atomic E-state index is 8.55. The molecule has 0 unspecified atom stereocenters. The quantitative estimate of drug-likeness (QED) is 0.320. The van der Waals surface area contributed by atoms with E-state index in [2.05, 4.69) is 0 Å². The predicted molar refractivity (Wildman–Crippen MR) is 13.4 cm³/mol. The second-order valence-electron chi connectivity index (χ2n) is 0.447. The van der Waals surface area contributed by atoms with Gasteiger partial charge in [-0.2, -0.15) is 7.82 Å². The third-order valence-electron chi connectivity index (χ3n) is 0. The van der Waals surface area contributed by atoms with Gasteiger partial charge in [0.05, 0.1) is 0 Å². The molecule has 8 heavy (non-hydrogen) atoms. The number of rotatable bonds is 0. The van der Waals surface area contributed by atoms with Gasteiger partial charge in [0, 0.05) is 48.1 Å². The normalized spacial score (nSPS) is 7.38. The summed E-state index contributed by atoms with van der Waals surface area (Å²) in [6.45, 7) is 0. The summed E-state index contributed by atoms with van der Waals surface area (Å²) < 4.78 is 8.55.